The van der Waals surface area contributed by atoms with Crippen LogP contribution in [0.3, 0.4) is 0 Å². The van der Waals surface area contributed by atoms with Crippen LogP contribution in [0.15, 0.2) is 42.5 Å². The van der Waals surface area contributed by atoms with Crippen molar-refractivity contribution in [3.05, 3.63) is 64.2 Å². The molecule has 10 heteroatoms. The monoisotopic (exact) mass is 476 g/mol. The van der Waals surface area contributed by atoms with Crippen molar-refractivity contribution in [2.24, 2.45) is 0 Å². The van der Waals surface area contributed by atoms with Crippen molar-refractivity contribution in [3.63, 3.8) is 0 Å². The van der Waals surface area contributed by atoms with Crippen LogP contribution in [0.5, 0.6) is 0 Å². The SMILES string of the molecule is CCc1ccc([C@@H](C)NC(=O)[C@H](C)N(c2ccc(Cl)c(C(F)(F)F)c2)S(C)(=O)=O)cc1. The fourth-order valence-electron chi connectivity index (χ4n) is 3.14. The number of hydrogen-bond donors (Lipinski definition) is 1. The molecule has 0 aliphatic rings. The smallest absolute Gasteiger partial charge is 0.348 e. The van der Waals surface area contributed by atoms with Gasteiger partial charge in [0, 0.05) is 0 Å². The van der Waals surface area contributed by atoms with Crippen LogP contribution in [0.1, 0.15) is 43.5 Å². The molecule has 0 heterocycles. The summed E-state index contributed by atoms with van der Waals surface area (Å²) in [6.07, 6.45) is -3.09. The van der Waals surface area contributed by atoms with E-state index in [1.54, 1.807) is 6.92 Å². The van der Waals surface area contributed by atoms with E-state index in [-0.39, 0.29) is 5.69 Å². The van der Waals surface area contributed by atoms with Gasteiger partial charge in [0.1, 0.15) is 6.04 Å². The van der Waals surface area contributed by atoms with E-state index >= 15 is 0 Å². The van der Waals surface area contributed by atoms with Gasteiger partial charge in [0.05, 0.1) is 28.6 Å². The highest BCUT2D eigenvalue weighted by molar-refractivity contribution is 7.92. The van der Waals surface area contributed by atoms with Gasteiger partial charge in [0.25, 0.3) is 0 Å². The minimum absolute atomic E-state index is 0.304. The molecule has 0 fully saturated rings. The molecule has 2 aromatic carbocycles. The summed E-state index contributed by atoms with van der Waals surface area (Å²) >= 11 is 5.63. The van der Waals surface area contributed by atoms with Gasteiger partial charge in [-0.2, -0.15) is 13.2 Å². The number of alkyl halides is 3. The van der Waals surface area contributed by atoms with Crippen LogP contribution in [0.4, 0.5) is 18.9 Å². The minimum Gasteiger partial charge on any atom is -0.348 e. The first kappa shape index (κ1) is 25.0. The van der Waals surface area contributed by atoms with E-state index in [9.17, 15) is 26.4 Å². The maximum Gasteiger partial charge on any atom is 0.417 e. The van der Waals surface area contributed by atoms with Crippen LogP contribution < -0.4 is 9.62 Å². The number of amides is 1. The van der Waals surface area contributed by atoms with Gasteiger partial charge in [0.2, 0.25) is 15.9 Å². The van der Waals surface area contributed by atoms with E-state index in [1.165, 1.54) is 6.92 Å². The Morgan fingerprint density at radius 1 is 1.13 bits per heavy atom. The summed E-state index contributed by atoms with van der Waals surface area (Å²) in [7, 11) is -4.08. The molecular formula is C21H24ClF3N2O3S. The van der Waals surface area contributed by atoms with Crippen molar-refractivity contribution in [1.29, 1.82) is 0 Å². The summed E-state index contributed by atoms with van der Waals surface area (Å²) in [6.45, 7) is 5.06. The topological polar surface area (TPSA) is 66.5 Å². The van der Waals surface area contributed by atoms with Crippen LogP contribution in [-0.2, 0) is 27.4 Å². The first-order chi connectivity index (χ1) is 14.3. The molecule has 0 unspecified atom stereocenters. The van der Waals surface area contributed by atoms with Gasteiger partial charge in [-0.1, -0.05) is 42.8 Å². The van der Waals surface area contributed by atoms with E-state index in [2.05, 4.69) is 5.32 Å². The lowest BCUT2D eigenvalue weighted by atomic mass is 10.0. The molecule has 0 aliphatic carbocycles. The highest BCUT2D eigenvalue weighted by Gasteiger charge is 2.36. The number of anilines is 1. The van der Waals surface area contributed by atoms with Gasteiger partial charge < -0.3 is 5.32 Å². The number of aryl methyl sites for hydroxylation is 1. The van der Waals surface area contributed by atoms with Crippen LogP contribution in [-0.4, -0.2) is 26.6 Å². The molecule has 0 saturated carbocycles. The molecule has 1 amide bonds. The quantitative estimate of drug-likeness (QED) is 0.614. The Hall–Kier alpha value is -2.26. The Bertz CT molecular complexity index is 1040. The van der Waals surface area contributed by atoms with Gasteiger partial charge in [-0.05, 0) is 49.6 Å². The van der Waals surface area contributed by atoms with Gasteiger partial charge in [0.15, 0.2) is 0 Å². The Kier molecular flexibility index (Phi) is 7.65. The predicted octanol–water partition coefficient (Wildman–Crippen LogP) is 4.95. The van der Waals surface area contributed by atoms with Crippen LogP contribution in [0, 0.1) is 0 Å². The first-order valence-corrected chi connectivity index (χ1v) is 11.7. The lowest BCUT2D eigenvalue weighted by Gasteiger charge is -2.30. The van der Waals surface area contributed by atoms with Crippen molar-refractivity contribution >= 4 is 33.2 Å². The van der Waals surface area contributed by atoms with Crippen LogP contribution in [0.25, 0.3) is 0 Å². The van der Waals surface area contributed by atoms with E-state index in [1.807, 2.05) is 31.2 Å². The predicted molar refractivity (Wildman–Crippen MR) is 116 cm³/mol. The molecule has 0 radical (unpaired) electrons. The fourth-order valence-corrected chi connectivity index (χ4v) is 4.53. The molecule has 2 aromatic rings. The second kappa shape index (κ2) is 9.48. The van der Waals surface area contributed by atoms with Gasteiger partial charge >= 0.3 is 6.18 Å². The normalized spacial score (nSPS) is 14.1. The highest BCUT2D eigenvalue weighted by atomic mass is 35.5. The number of benzene rings is 2. The summed E-state index contributed by atoms with van der Waals surface area (Å²) in [4.78, 5) is 12.8. The molecule has 0 spiro atoms. The minimum atomic E-state index is -4.78. The number of sulfonamides is 1. The fraction of sp³-hybridized carbons (Fsp3) is 0.381. The maximum atomic E-state index is 13.2. The average Bonchev–Trinajstić information content (AvgIpc) is 2.67. The Morgan fingerprint density at radius 3 is 2.19 bits per heavy atom. The number of rotatable bonds is 7. The van der Waals surface area contributed by atoms with Gasteiger partial charge in [-0.25, -0.2) is 8.42 Å². The van der Waals surface area contributed by atoms with Crippen molar-refractivity contribution in [1.82, 2.24) is 5.32 Å². The zero-order chi connectivity index (χ0) is 23.6. The summed E-state index contributed by atoms with van der Waals surface area (Å²) in [5.74, 6) is -0.652. The molecule has 0 aromatic heterocycles. The third-order valence-corrected chi connectivity index (χ3v) is 6.42. The first-order valence-electron chi connectivity index (χ1n) is 9.51. The maximum absolute atomic E-state index is 13.2. The summed E-state index contributed by atoms with van der Waals surface area (Å²) in [5, 5.41) is 2.15. The lowest BCUT2D eigenvalue weighted by molar-refractivity contribution is -0.137. The number of nitrogens with zero attached hydrogens (tertiary/aromatic N) is 1. The molecular weight excluding hydrogens is 453 g/mol. The van der Waals surface area contributed by atoms with Crippen LogP contribution >= 0.6 is 11.6 Å². The second-order valence-electron chi connectivity index (χ2n) is 7.22. The number of carbonyl (C=O) groups is 1. The molecule has 170 valence electrons. The zero-order valence-electron chi connectivity index (χ0n) is 17.5. The number of nitrogens with one attached hydrogen (secondary N) is 1. The Labute approximate surface area is 185 Å². The van der Waals surface area contributed by atoms with E-state index in [0.29, 0.717) is 10.4 Å². The van der Waals surface area contributed by atoms with Gasteiger partial charge in [-0.3, -0.25) is 9.10 Å². The molecule has 2 rings (SSSR count). The molecule has 0 saturated heterocycles. The highest BCUT2D eigenvalue weighted by Crippen LogP contribution is 2.37. The lowest BCUT2D eigenvalue weighted by Crippen LogP contribution is -2.48. The van der Waals surface area contributed by atoms with E-state index in [0.717, 1.165) is 35.9 Å². The molecule has 1 N–H and O–H groups in total. The van der Waals surface area contributed by atoms with Crippen molar-refractivity contribution in [2.75, 3.05) is 10.6 Å². The Balaban J connectivity index is 2.33. The molecule has 0 bridgehead atoms. The van der Waals surface area contributed by atoms with E-state index < -0.39 is 44.8 Å². The van der Waals surface area contributed by atoms with Crippen molar-refractivity contribution < 1.29 is 26.4 Å². The average molecular weight is 477 g/mol. The number of hydrogen-bond acceptors (Lipinski definition) is 3. The van der Waals surface area contributed by atoms with Gasteiger partial charge in [-0.15, -0.1) is 0 Å². The number of carbonyl (C=O) groups excluding carboxylic acids is 1. The number of halogens is 4. The molecule has 2 atom stereocenters. The third-order valence-electron chi connectivity index (χ3n) is 4.85. The third kappa shape index (κ3) is 6.13. The van der Waals surface area contributed by atoms with Crippen LogP contribution in [0.2, 0.25) is 5.02 Å². The second-order valence-corrected chi connectivity index (χ2v) is 9.49. The summed E-state index contributed by atoms with van der Waals surface area (Å²) < 4.78 is 65.1. The zero-order valence-corrected chi connectivity index (χ0v) is 19.1. The Morgan fingerprint density at radius 2 is 1.71 bits per heavy atom. The summed E-state index contributed by atoms with van der Waals surface area (Å²) in [6, 6.07) is 8.56. The van der Waals surface area contributed by atoms with Crippen molar-refractivity contribution in [2.45, 2.75) is 45.5 Å². The van der Waals surface area contributed by atoms with Crippen molar-refractivity contribution in [3.8, 4) is 0 Å². The standard InChI is InChI=1S/C21H24ClF3N2O3S/c1-5-15-6-8-16(9-7-15)13(2)26-20(28)14(3)27(31(4,29)30)17-10-11-19(22)18(12-17)21(23,24)25/h6-14H,5H2,1-4H3,(H,26,28)/t13-,14+/m1/s1. The summed E-state index contributed by atoms with van der Waals surface area (Å²) in [5.41, 5.74) is 0.454. The van der Waals surface area contributed by atoms with E-state index in [4.69, 9.17) is 11.6 Å². The molecule has 31 heavy (non-hydrogen) atoms. The molecule has 5 nitrogen and oxygen atoms in total. The largest absolute Gasteiger partial charge is 0.417 e. The molecule has 0 aliphatic heterocycles.